The topological polar surface area (TPSA) is 83.6 Å². The predicted octanol–water partition coefficient (Wildman–Crippen LogP) is 3.15. The Morgan fingerprint density at radius 1 is 1.35 bits per heavy atom. The highest BCUT2D eigenvalue weighted by Gasteiger charge is 2.13. The number of carbonyl (C=O) groups is 1. The summed E-state index contributed by atoms with van der Waals surface area (Å²) in [6.45, 7) is 2.56. The second kappa shape index (κ2) is 6.42. The molecule has 0 bridgehead atoms. The number of thiazole rings is 1. The molecule has 0 saturated carbocycles. The van der Waals surface area contributed by atoms with Gasteiger partial charge >= 0.3 is 0 Å². The summed E-state index contributed by atoms with van der Waals surface area (Å²) < 4.78 is 1.63. The van der Waals surface area contributed by atoms with E-state index in [-0.39, 0.29) is 5.91 Å². The van der Waals surface area contributed by atoms with E-state index in [0.717, 1.165) is 11.3 Å². The zero-order chi connectivity index (χ0) is 16.2. The van der Waals surface area contributed by atoms with Gasteiger partial charge in [0.2, 0.25) is 0 Å². The maximum absolute atomic E-state index is 12.2. The van der Waals surface area contributed by atoms with Crippen molar-refractivity contribution in [2.75, 3.05) is 5.32 Å². The molecule has 3 rings (SSSR count). The molecule has 0 unspecified atom stereocenters. The number of rotatable bonds is 4. The number of nitrogens with zero attached hydrogens (tertiary/aromatic N) is 4. The van der Waals surface area contributed by atoms with E-state index in [1.54, 1.807) is 29.1 Å². The number of benzene rings is 1. The molecule has 0 aliphatic rings. The van der Waals surface area contributed by atoms with Crippen LogP contribution in [0, 0.1) is 11.3 Å². The third kappa shape index (κ3) is 3.12. The Hall–Kier alpha value is -2.98. The molecule has 2 aromatic heterocycles. The van der Waals surface area contributed by atoms with Gasteiger partial charge in [-0.3, -0.25) is 14.8 Å². The van der Waals surface area contributed by atoms with Gasteiger partial charge in [-0.1, -0.05) is 12.1 Å². The third-order valence-electron chi connectivity index (χ3n) is 3.28. The summed E-state index contributed by atoms with van der Waals surface area (Å²) in [4.78, 5) is 16.7. The summed E-state index contributed by atoms with van der Waals surface area (Å²) in [6, 6.07) is 10.9. The van der Waals surface area contributed by atoms with Crippen LogP contribution in [0.15, 0.2) is 41.9 Å². The first-order chi connectivity index (χ1) is 11.2. The van der Waals surface area contributed by atoms with Crippen molar-refractivity contribution < 1.29 is 4.79 Å². The minimum Gasteiger partial charge on any atom is -0.296 e. The van der Waals surface area contributed by atoms with Gasteiger partial charge in [0.15, 0.2) is 5.13 Å². The smallest absolute Gasteiger partial charge is 0.275 e. The highest BCUT2D eigenvalue weighted by atomic mass is 32.1. The average Bonchev–Trinajstić information content (AvgIpc) is 3.23. The quantitative estimate of drug-likeness (QED) is 0.799. The van der Waals surface area contributed by atoms with Crippen LogP contribution in [0.5, 0.6) is 0 Å². The summed E-state index contributed by atoms with van der Waals surface area (Å²) in [6.07, 6.45) is 1.60. The lowest BCUT2D eigenvalue weighted by Crippen LogP contribution is -2.17. The SMILES string of the molecule is CCn1nccc1C(=O)Nc1nc(-c2ccc(C#N)cc2)cs1. The molecule has 1 aromatic carbocycles. The lowest BCUT2D eigenvalue weighted by atomic mass is 10.1. The average molecular weight is 323 g/mol. The molecule has 7 heteroatoms. The summed E-state index contributed by atoms with van der Waals surface area (Å²) in [5.41, 5.74) is 2.77. The molecule has 0 radical (unpaired) electrons. The zero-order valence-electron chi connectivity index (χ0n) is 12.4. The molecule has 114 valence electrons. The molecule has 1 N–H and O–H groups in total. The van der Waals surface area contributed by atoms with Gasteiger partial charge in [0.1, 0.15) is 5.69 Å². The Kier molecular flexibility index (Phi) is 4.17. The number of aryl methyl sites for hydroxylation is 1. The normalized spacial score (nSPS) is 10.3. The van der Waals surface area contributed by atoms with Gasteiger partial charge in [-0.25, -0.2) is 4.98 Å². The first-order valence-corrected chi connectivity index (χ1v) is 7.88. The molecule has 0 aliphatic carbocycles. The van der Waals surface area contributed by atoms with Gasteiger partial charge in [-0.05, 0) is 25.1 Å². The van der Waals surface area contributed by atoms with Crippen molar-refractivity contribution in [1.82, 2.24) is 14.8 Å². The first-order valence-electron chi connectivity index (χ1n) is 7.00. The molecule has 0 aliphatic heterocycles. The Morgan fingerprint density at radius 2 is 2.13 bits per heavy atom. The maximum Gasteiger partial charge on any atom is 0.275 e. The number of nitrogens with one attached hydrogen (secondary N) is 1. The van der Waals surface area contributed by atoms with Crippen molar-refractivity contribution >= 4 is 22.4 Å². The number of anilines is 1. The number of hydrogen-bond donors (Lipinski definition) is 1. The van der Waals surface area contributed by atoms with Crippen LogP contribution < -0.4 is 5.32 Å². The van der Waals surface area contributed by atoms with Crippen molar-refractivity contribution in [1.29, 1.82) is 5.26 Å². The standard InChI is InChI=1S/C16H13N5OS/c1-2-21-14(7-8-18-21)15(22)20-16-19-13(10-23-16)12-5-3-11(9-17)4-6-12/h3-8,10H,2H2,1H3,(H,19,20,22). The Morgan fingerprint density at radius 3 is 2.83 bits per heavy atom. The number of carbonyl (C=O) groups excluding carboxylic acids is 1. The second-order valence-electron chi connectivity index (χ2n) is 4.71. The summed E-state index contributed by atoms with van der Waals surface area (Å²) in [5.74, 6) is -0.231. The molecule has 0 atom stereocenters. The van der Waals surface area contributed by atoms with Crippen molar-refractivity contribution in [3.63, 3.8) is 0 Å². The second-order valence-corrected chi connectivity index (χ2v) is 5.57. The predicted molar refractivity (Wildman–Crippen MR) is 88.1 cm³/mol. The fourth-order valence-electron chi connectivity index (χ4n) is 2.12. The van der Waals surface area contributed by atoms with E-state index >= 15 is 0 Å². The van der Waals surface area contributed by atoms with E-state index in [0.29, 0.717) is 22.9 Å². The monoisotopic (exact) mass is 323 g/mol. The van der Waals surface area contributed by atoms with Gasteiger partial charge in [0.25, 0.3) is 5.91 Å². The Bertz CT molecular complexity index is 873. The maximum atomic E-state index is 12.2. The number of aromatic nitrogens is 3. The highest BCUT2D eigenvalue weighted by molar-refractivity contribution is 7.14. The molecular formula is C16H13N5OS. The van der Waals surface area contributed by atoms with Gasteiger partial charge in [-0.2, -0.15) is 10.4 Å². The molecule has 23 heavy (non-hydrogen) atoms. The van der Waals surface area contributed by atoms with Crippen molar-refractivity contribution in [2.45, 2.75) is 13.5 Å². The molecule has 0 saturated heterocycles. The van der Waals surface area contributed by atoms with Crippen molar-refractivity contribution in [2.24, 2.45) is 0 Å². The van der Waals surface area contributed by atoms with Crippen molar-refractivity contribution in [3.05, 3.63) is 53.2 Å². The van der Waals surface area contributed by atoms with E-state index in [9.17, 15) is 4.79 Å². The van der Waals surface area contributed by atoms with Crippen LogP contribution in [-0.2, 0) is 6.54 Å². The molecule has 1 amide bonds. The van der Waals surface area contributed by atoms with E-state index in [1.165, 1.54) is 11.3 Å². The Labute approximate surface area is 137 Å². The molecular weight excluding hydrogens is 310 g/mol. The van der Waals surface area contributed by atoms with Gasteiger partial charge in [0, 0.05) is 23.7 Å². The fourth-order valence-corrected chi connectivity index (χ4v) is 2.83. The van der Waals surface area contributed by atoms with Crippen LogP contribution >= 0.6 is 11.3 Å². The van der Waals surface area contributed by atoms with Crippen molar-refractivity contribution in [3.8, 4) is 17.3 Å². The van der Waals surface area contributed by atoms with E-state index < -0.39 is 0 Å². The number of hydrogen-bond acceptors (Lipinski definition) is 5. The fraction of sp³-hybridized carbons (Fsp3) is 0.125. The van der Waals surface area contributed by atoms with Gasteiger partial charge in [-0.15, -0.1) is 11.3 Å². The summed E-state index contributed by atoms with van der Waals surface area (Å²) >= 11 is 1.36. The van der Waals surface area contributed by atoms with E-state index in [1.807, 2.05) is 24.4 Å². The molecule has 3 aromatic rings. The summed E-state index contributed by atoms with van der Waals surface area (Å²) in [7, 11) is 0. The van der Waals surface area contributed by atoms with Gasteiger partial charge < -0.3 is 0 Å². The van der Waals surface area contributed by atoms with Crippen LogP contribution in [0.1, 0.15) is 23.0 Å². The van der Waals surface area contributed by atoms with Crippen LogP contribution in [0.25, 0.3) is 11.3 Å². The largest absolute Gasteiger partial charge is 0.296 e. The lowest BCUT2D eigenvalue weighted by Gasteiger charge is -2.03. The van der Waals surface area contributed by atoms with E-state index in [2.05, 4.69) is 21.5 Å². The number of amides is 1. The molecule has 0 fully saturated rings. The third-order valence-corrected chi connectivity index (χ3v) is 4.04. The minimum atomic E-state index is -0.231. The van der Waals surface area contributed by atoms with E-state index in [4.69, 9.17) is 5.26 Å². The van der Waals surface area contributed by atoms with Crippen LogP contribution in [0.2, 0.25) is 0 Å². The lowest BCUT2D eigenvalue weighted by molar-refractivity contribution is 0.101. The minimum absolute atomic E-state index is 0.231. The Balaban J connectivity index is 1.77. The van der Waals surface area contributed by atoms with Crippen LogP contribution in [0.4, 0.5) is 5.13 Å². The molecule has 2 heterocycles. The first kappa shape index (κ1) is 14.9. The summed E-state index contributed by atoms with van der Waals surface area (Å²) in [5, 5.41) is 18.1. The van der Waals surface area contributed by atoms with Crippen LogP contribution in [-0.4, -0.2) is 20.7 Å². The number of nitriles is 1. The zero-order valence-corrected chi connectivity index (χ0v) is 13.2. The van der Waals surface area contributed by atoms with Gasteiger partial charge in [0.05, 0.1) is 17.3 Å². The molecule has 0 spiro atoms. The van der Waals surface area contributed by atoms with Crippen LogP contribution in [0.3, 0.4) is 0 Å². The highest BCUT2D eigenvalue weighted by Crippen LogP contribution is 2.25. The molecule has 6 nitrogen and oxygen atoms in total.